The quantitative estimate of drug-likeness (QED) is 0.800. The Morgan fingerprint density at radius 3 is 2.76 bits per heavy atom. The molecular weight excluding hydrogens is 305 g/mol. The van der Waals surface area contributed by atoms with Gasteiger partial charge in [-0.25, -0.2) is 9.97 Å². The highest BCUT2D eigenvalue weighted by Gasteiger charge is 2.06. The summed E-state index contributed by atoms with van der Waals surface area (Å²) in [6, 6.07) is 3.53. The maximum atomic E-state index is 11.9. The summed E-state index contributed by atoms with van der Waals surface area (Å²) in [7, 11) is 0. The second kappa shape index (κ2) is 4.98. The predicted octanol–water partition coefficient (Wildman–Crippen LogP) is 2.41. The van der Waals surface area contributed by atoms with E-state index in [4.69, 9.17) is 11.6 Å². The third-order valence-electron chi connectivity index (χ3n) is 2.33. The molecular formula is C11H9BrClN3O. The van der Waals surface area contributed by atoms with Gasteiger partial charge in [0.25, 0.3) is 5.56 Å². The van der Waals surface area contributed by atoms with Crippen LogP contribution >= 0.6 is 27.5 Å². The van der Waals surface area contributed by atoms with Crippen LogP contribution in [0.3, 0.4) is 0 Å². The van der Waals surface area contributed by atoms with E-state index in [9.17, 15) is 4.79 Å². The van der Waals surface area contributed by atoms with Crippen LogP contribution in [0.1, 0.15) is 11.4 Å². The maximum absolute atomic E-state index is 11.9. The molecule has 2 heterocycles. The van der Waals surface area contributed by atoms with Gasteiger partial charge in [0.15, 0.2) is 0 Å². The van der Waals surface area contributed by atoms with Gasteiger partial charge in [0.05, 0.1) is 6.54 Å². The Kier molecular flexibility index (Phi) is 3.59. The molecule has 0 radical (unpaired) electrons. The Morgan fingerprint density at radius 1 is 1.35 bits per heavy atom. The summed E-state index contributed by atoms with van der Waals surface area (Å²) in [6.45, 7) is 2.22. The van der Waals surface area contributed by atoms with Crippen LogP contribution in [-0.2, 0) is 6.54 Å². The molecule has 6 heteroatoms. The lowest BCUT2D eigenvalue weighted by Crippen LogP contribution is -2.24. The third-order valence-corrected chi connectivity index (χ3v) is 3.10. The van der Waals surface area contributed by atoms with Crippen LogP contribution in [0, 0.1) is 6.92 Å². The van der Waals surface area contributed by atoms with E-state index in [-0.39, 0.29) is 5.56 Å². The number of nitrogens with zero attached hydrogens (tertiary/aromatic N) is 3. The molecule has 2 aromatic heterocycles. The van der Waals surface area contributed by atoms with Crippen molar-refractivity contribution in [3.8, 4) is 0 Å². The summed E-state index contributed by atoms with van der Waals surface area (Å²) < 4.78 is 2.03. The van der Waals surface area contributed by atoms with Crippen molar-refractivity contribution in [2.24, 2.45) is 0 Å². The fourth-order valence-electron chi connectivity index (χ4n) is 1.42. The van der Waals surface area contributed by atoms with Crippen molar-refractivity contribution in [1.29, 1.82) is 0 Å². The lowest BCUT2D eigenvalue weighted by molar-refractivity contribution is 0.693. The molecule has 88 valence electrons. The van der Waals surface area contributed by atoms with Crippen LogP contribution in [0.25, 0.3) is 0 Å². The van der Waals surface area contributed by atoms with Crippen LogP contribution in [0.15, 0.2) is 33.8 Å². The lowest BCUT2D eigenvalue weighted by atomic mass is 10.3. The molecule has 0 saturated carbocycles. The van der Waals surface area contributed by atoms with Crippen LogP contribution in [0.4, 0.5) is 0 Å². The molecule has 0 amide bonds. The summed E-state index contributed by atoms with van der Waals surface area (Å²) in [6.07, 6.45) is 3.16. The summed E-state index contributed by atoms with van der Waals surface area (Å²) >= 11 is 8.88. The second-order valence-electron chi connectivity index (χ2n) is 3.53. The van der Waals surface area contributed by atoms with Crippen molar-refractivity contribution in [3.05, 3.63) is 55.9 Å². The van der Waals surface area contributed by atoms with Gasteiger partial charge in [-0.15, -0.1) is 0 Å². The second-order valence-corrected chi connectivity index (χ2v) is 4.78. The maximum Gasteiger partial charge on any atom is 0.268 e. The molecule has 0 aliphatic heterocycles. The van der Waals surface area contributed by atoms with Gasteiger partial charge >= 0.3 is 0 Å². The Bertz CT molecular complexity index is 595. The van der Waals surface area contributed by atoms with E-state index in [0.717, 1.165) is 5.56 Å². The smallest absolute Gasteiger partial charge is 0.268 e. The Morgan fingerprint density at radius 2 is 2.12 bits per heavy atom. The van der Waals surface area contributed by atoms with Gasteiger partial charge in [-0.3, -0.25) is 9.36 Å². The highest BCUT2D eigenvalue weighted by Crippen LogP contribution is 2.08. The molecule has 0 saturated heterocycles. The van der Waals surface area contributed by atoms with Crippen molar-refractivity contribution < 1.29 is 0 Å². The summed E-state index contributed by atoms with van der Waals surface area (Å²) in [5, 5.41) is 0.435. The van der Waals surface area contributed by atoms with Crippen molar-refractivity contribution in [3.63, 3.8) is 0 Å². The number of hydrogen-bond donors (Lipinski definition) is 0. The lowest BCUT2D eigenvalue weighted by Gasteiger charge is -2.09. The molecule has 0 aliphatic carbocycles. The largest absolute Gasteiger partial charge is 0.291 e. The zero-order valence-corrected chi connectivity index (χ0v) is 11.4. The first-order valence-electron chi connectivity index (χ1n) is 4.90. The molecule has 0 unspecified atom stereocenters. The fourth-order valence-corrected chi connectivity index (χ4v) is 1.85. The zero-order chi connectivity index (χ0) is 12.4. The van der Waals surface area contributed by atoms with Gasteiger partial charge < -0.3 is 0 Å². The van der Waals surface area contributed by atoms with Crippen LogP contribution in [0.2, 0.25) is 5.15 Å². The molecule has 0 spiro atoms. The number of rotatable bonds is 2. The molecule has 2 aromatic rings. The summed E-state index contributed by atoms with van der Waals surface area (Å²) in [4.78, 5) is 20.0. The van der Waals surface area contributed by atoms with E-state index in [1.807, 2.05) is 6.07 Å². The molecule has 4 nitrogen and oxygen atoms in total. The summed E-state index contributed by atoms with van der Waals surface area (Å²) in [5.41, 5.74) is 0.798. The van der Waals surface area contributed by atoms with Crippen molar-refractivity contribution in [1.82, 2.24) is 14.5 Å². The Labute approximate surface area is 111 Å². The fraction of sp³-hybridized carbons (Fsp3) is 0.182. The number of aryl methyl sites for hydroxylation is 1. The molecule has 0 aliphatic rings. The van der Waals surface area contributed by atoms with Gasteiger partial charge in [-0.2, -0.15) is 0 Å². The first-order valence-corrected chi connectivity index (χ1v) is 6.07. The van der Waals surface area contributed by atoms with Crippen LogP contribution in [0.5, 0.6) is 0 Å². The SMILES string of the molecule is Cc1ncc(Br)c(=O)n1Cc1ccc(Cl)nc1. The zero-order valence-electron chi connectivity index (χ0n) is 9.02. The van der Waals surface area contributed by atoms with Crippen molar-refractivity contribution in [2.75, 3.05) is 0 Å². The monoisotopic (exact) mass is 313 g/mol. The van der Waals surface area contributed by atoms with Crippen molar-refractivity contribution in [2.45, 2.75) is 13.5 Å². The summed E-state index contributed by atoms with van der Waals surface area (Å²) in [5.74, 6) is 0.660. The van der Waals surface area contributed by atoms with Gasteiger partial charge in [0.1, 0.15) is 15.5 Å². The molecule has 0 fully saturated rings. The third kappa shape index (κ3) is 2.73. The van der Waals surface area contributed by atoms with Crippen LogP contribution in [-0.4, -0.2) is 14.5 Å². The first-order chi connectivity index (χ1) is 8.08. The Balaban J connectivity index is 2.39. The standard InChI is InChI=1S/C11H9BrClN3O/c1-7-14-5-9(12)11(17)16(7)6-8-2-3-10(13)15-4-8/h2-5H,6H2,1H3. The van der Waals surface area contributed by atoms with E-state index in [1.54, 1.807) is 23.8 Å². The van der Waals surface area contributed by atoms with Crippen molar-refractivity contribution >= 4 is 27.5 Å². The highest BCUT2D eigenvalue weighted by molar-refractivity contribution is 9.10. The van der Waals surface area contributed by atoms with Gasteiger partial charge in [0, 0.05) is 12.4 Å². The van der Waals surface area contributed by atoms with E-state index in [2.05, 4.69) is 25.9 Å². The Hall–Kier alpha value is -1.20. The average Bonchev–Trinajstić information content (AvgIpc) is 2.32. The number of pyridine rings is 1. The van der Waals surface area contributed by atoms with Gasteiger partial charge in [-0.1, -0.05) is 17.7 Å². The molecule has 2 rings (SSSR count). The van der Waals surface area contributed by atoms with Gasteiger partial charge in [-0.05, 0) is 34.5 Å². The van der Waals surface area contributed by atoms with E-state index >= 15 is 0 Å². The molecule has 0 aromatic carbocycles. The highest BCUT2D eigenvalue weighted by atomic mass is 79.9. The van der Waals surface area contributed by atoms with E-state index in [1.165, 1.54) is 6.20 Å². The predicted molar refractivity (Wildman–Crippen MR) is 69.3 cm³/mol. The normalized spacial score (nSPS) is 10.5. The van der Waals surface area contributed by atoms with Crippen LogP contribution < -0.4 is 5.56 Å². The van der Waals surface area contributed by atoms with E-state index in [0.29, 0.717) is 22.0 Å². The molecule has 0 atom stereocenters. The topological polar surface area (TPSA) is 47.8 Å². The molecule has 0 bridgehead atoms. The number of halogens is 2. The average molecular weight is 315 g/mol. The minimum atomic E-state index is -0.104. The van der Waals surface area contributed by atoms with Gasteiger partial charge in [0.2, 0.25) is 0 Å². The first kappa shape index (κ1) is 12.3. The minimum Gasteiger partial charge on any atom is -0.291 e. The minimum absolute atomic E-state index is 0.104. The van der Waals surface area contributed by atoms with E-state index < -0.39 is 0 Å². The number of aromatic nitrogens is 3. The number of hydrogen-bond acceptors (Lipinski definition) is 3. The molecule has 17 heavy (non-hydrogen) atoms. The molecule has 0 N–H and O–H groups in total.